The number of nitriles is 2. The number of anilines is 2. The van der Waals surface area contributed by atoms with E-state index in [0.717, 1.165) is 11.3 Å². The molecule has 5 rings (SSSR count). The molecule has 0 aliphatic rings. The second kappa shape index (κ2) is 11.9. The molecule has 9 heteroatoms. The van der Waals surface area contributed by atoms with Crippen molar-refractivity contribution in [2.24, 2.45) is 0 Å². The number of benzene rings is 3. The van der Waals surface area contributed by atoms with Crippen molar-refractivity contribution >= 4 is 28.7 Å². The van der Waals surface area contributed by atoms with Crippen LogP contribution >= 0.6 is 0 Å². The average Bonchev–Trinajstić information content (AvgIpc) is 3.40. The first-order chi connectivity index (χ1) is 20.0. The number of hydrogen-bond donors (Lipinski definition) is 1. The SMILES string of the molecule is COc1cc(/C=C/C#N)cc(OC)c1Oc1nc(Nc2ccc(C#N)cc2)nc2ccn(Cc3ccc(C)cc3)c12. The van der Waals surface area contributed by atoms with Gasteiger partial charge in [-0.3, -0.25) is 0 Å². The smallest absolute Gasteiger partial charge is 0.249 e. The molecule has 0 unspecified atom stereocenters. The lowest BCUT2D eigenvalue weighted by molar-refractivity contribution is 0.343. The fourth-order valence-corrected chi connectivity index (χ4v) is 4.31. The van der Waals surface area contributed by atoms with Crippen LogP contribution in [0.3, 0.4) is 0 Å². The third-order valence-electron chi connectivity index (χ3n) is 6.35. The quantitative estimate of drug-likeness (QED) is 0.203. The Kier molecular flexibility index (Phi) is 7.80. The highest BCUT2D eigenvalue weighted by atomic mass is 16.5. The molecule has 5 aromatic rings. The van der Waals surface area contributed by atoms with Gasteiger partial charge in [-0.1, -0.05) is 29.8 Å². The monoisotopic (exact) mass is 542 g/mol. The Balaban J connectivity index is 1.62. The van der Waals surface area contributed by atoms with Crippen LogP contribution in [0.5, 0.6) is 23.1 Å². The molecule has 0 aliphatic heterocycles. The van der Waals surface area contributed by atoms with E-state index in [-0.39, 0.29) is 0 Å². The Morgan fingerprint density at radius 2 is 1.63 bits per heavy atom. The van der Waals surface area contributed by atoms with Gasteiger partial charge in [0.25, 0.3) is 0 Å². The van der Waals surface area contributed by atoms with Gasteiger partial charge in [0.05, 0.1) is 37.4 Å². The number of hydrogen-bond acceptors (Lipinski definition) is 8. The molecule has 2 heterocycles. The molecule has 2 aromatic heterocycles. The summed E-state index contributed by atoms with van der Waals surface area (Å²) in [5, 5.41) is 21.3. The van der Waals surface area contributed by atoms with Crippen LogP contribution in [0.1, 0.15) is 22.3 Å². The van der Waals surface area contributed by atoms with Gasteiger partial charge in [-0.05, 0) is 66.6 Å². The Morgan fingerprint density at radius 1 is 0.927 bits per heavy atom. The van der Waals surface area contributed by atoms with Crippen molar-refractivity contribution in [3.05, 3.63) is 101 Å². The Morgan fingerprint density at radius 3 is 2.27 bits per heavy atom. The van der Waals surface area contributed by atoms with E-state index < -0.39 is 0 Å². The van der Waals surface area contributed by atoms with E-state index in [2.05, 4.69) is 42.6 Å². The molecule has 202 valence electrons. The highest BCUT2D eigenvalue weighted by molar-refractivity contribution is 5.83. The van der Waals surface area contributed by atoms with E-state index in [4.69, 9.17) is 34.7 Å². The molecule has 0 spiro atoms. The molecule has 41 heavy (non-hydrogen) atoms. The van der Waals surface area contributed by atoms with Gasteiger partial charge >= 0.3 is 0 Å². The minimum Gasteiger partial charge on any atom is -0.493 e. The number of nitrogens with zero attached hydrogens (tertiary/aromatic N) is 5. The molecule has 1 N–H and O–H groups in total. The van der Waals surface area contributed by atoms with E-state index in [1.807, 2.05) is 22.9 Å². The second-order valence-corrected chi connectivity index (χ2v) is 9.15. The van der Waals surface area contributed by atoms with Crippen LogP contribution in [0.2, 0.25) is 0 Å². The lowest BCUT2D eigenvalue weighted by atomic mass is 10.1. The summed E-state index contributed by atoms with van der Waals surface area (Å²) in [5.74, 6) is 1.76. The first kappa shape index (κ1) is 26.8. The molecule has 0 atom stereocenters. The van der Waals surface area contributed by atoms with E-state index in [0.29, 0.717) is 57.8 Å². The van der Waals surface area contributed by atoms with Gasteiger partial charge in [0, 0.05) is 24.5 Å². The van der Waals surface area contributed by atoms with Crippen molar-refractivity contribution in [1.82, 2.24) is 14.5 Å². The molecule has 0 radical (unpaired) electrons. The van der Waals surface area contributed by atoms with Crippen molar-refractivity contribution in [3.8, 4) is 35.3 Å². The van der Waals surface area contributed by atoms with Crippen molar-refractivity contribution in [2.75, 3.05) is 19.5 Å². The van der Waals surface area contributed by atoms with Crippen LogP contribution in [-0.4, -0.2) is 28.8 Å². The molecule has 0 amide bonds. The van der Waals surface area contributed by atoms with Crippen molar-refractivity contribution in [3.63, 3.8) is 0 Å². The zero-order valence-corrected chi connectivity index (χ0v) is 22.8. The number of methoxy groups -OCH3 is 2. The van der Waals surface area contributed by atoms with E-state index >= 15 is 0 Å². The molecular weight excluding hydrogens is 516 g/mol. The highest BCUT2D eigenvalue weighted by Gasteiger charge is 2.20. The Bertz CT molecular complexity index is 1790. The van der Waals surface area contributed by atoms with Crippen LogP contribution in [0.15, 0.2) is 79.0 Å². The summed E-state index contributed by atoms with van der Waals surface area (Å²) < 4.78 is 19.8. The van der Waals surface area contributed by atoms with E-state index in [1.165, 1.54) is 25.9 Å². The average molecular weight is 543 g/mol. The van der Waals surface area contributed by atoms with Crippen LogP contribution in [0.4, 0.5) is 11.6 Å². The van der Waals surface area contributed by atoms with Crippen LogP contribution in [-0.2, 0) is 6.54 Å². The van der Waals surface area contributed by atoms with Gasteiger partial charge < -0.3 is 24.1 Å². The summed E-state index contributed by atoms with van der Waals surface area (Å²) in [5.41, 5.74) is 5.64. The van der Waals surface area contributed by atoms with Gasteiger partial charge in [-0.2, -0.15) is 15.5 Å². The minimum absolute atomic E-state index is 0.292. The molecular formula is C32H26N6O3. The summed E-state index contributed by atoms with van der Waals surface area (Å²) >= 11 is 0. The topological polar surface area (TPSA) is 118 Å². The third kappa shape index (κ3) is 5.95. The standard InChI is InChI=1S/C32H26N6O3/c1-21-6-8-23(9-7-21)20-38-16-14-26-29(38)31(37-32(36-26)35-25-12-10-22(19-34)11-13-25)41-30-27(39-2)17-24(5-4-15-33)18-28(30)40-3/h4-14,16-18H,20H2,1-3H3,(H,35,36,37)/b5-4+. The van der Waals surface area contributed by atoms with Gasteiger partial charge in [0.15, 0.2) is 11.5 Å². The lowest BCUT2D eigenvalue weighted by Crippen LogP contribution is -2.05. The molecule has 3 aromatic carbocycles. The molecule has 0 bridgehead atoms. The Labute approximate surface area is 237 Å². The molecule has 0 fully saturated rings. The number of allylic oxidation sites excluding steroid dienone is 1. The van der Waals surface area contributed by atoms with Crippen LogP contribution in [0.25, 0.3) is 17.1 Å². The Hall–Kier alpha value is -5.80. The summed E-state index contributed by atoms with van der Waals surface area (Å²) in [7, 11) is 3.07. The summed E-state index contributed by atoms with van der Waals surface area (Å²) in [6.45, 7) is 2.64. The number of ether oxygens (including phenoxy) is 3. The zero-order chi connectivity index (χ0) is 28.8. The third-order valence-corrected chi connectivity index (χ3v) is 6.35. The summed E-state index contributed by atoms with van der Waals surface area (Å²) in [6, 6.07) is 24.9. The molecule has 0 aliphatic carbocycles. The molecule has 9 nitrogen and oxygen atoms in total. The number of aryl methyl sites for hydroxylation is 1. The van der Waals surface area contributed by atoms with E-state index in [1.54, 1.807) is 42.5 Å². The van der Waals surface area contributed by atoms with Gasteiger partial charge in [0.1, 0.15) is 5.52 Å². The van der Waals surface area contributed by atoms with Crippen molar-refractivity contribution < 1.29 is 14.2 Å². The minimum atomic E-state index is 0.292. The fourth-order valence-electron chi connectivity index (χ4n) is 4.31. The summed E-state index contributed by atoms with van der Waals surface area (Å²) in [6.07, 6.45) is 4.98. The second-order valence-electron chi connectivity index (χ2n) is 9.15. The number of rotatable bonds is 9. The predicted molar refractivity (Wildman–Crippen MR) is 157 cm³/mol. The van der Waals surface area contributed by atoms with Gasteiger partial charge in [0.2, 0.25) is 17.6 Å². The lowest BCUT2D eigenvalue weighted by Gasteiger charge is -2.17. The van der Waals surface area contributed by atoms with Crippen molar-refractivity contribution in [2.45, 2.75) is 13.5 Å². The normalized spacial score (nSPS) is 10.8. The first-order valence-corrected chi connectivity index (χ1v) is 12.7. The van der Waals surface area contributed by atoms with Gasteiger partial charge in [-0.25, -0.2) is 4.98 Å². The van der Waals surface area contributed by atoms with E-state index in [9.17, 15) is 0 Å². The molecule has 0 saturated carbocycles. The maximum absolute atomic E-state index is 9.13. The number of nitrogens with one attached hydrogen (secondary N) is 1. The first-order valence-electron chi connectivity index (χ1n) is 12.7. The maximum Gasteiger partial charge on any atom is 0.249 e. The van der Waals surface area contributed by atoms with Crippen LogP contribution in [0, 0.1) is 29.6 Å². The van der Waals surface area contributed by atoms with Crippen molar-refractivity contribution in [1.29, 1.82) is 10.5 Å². The maximum atomic E-state index is 9.13. The number of aromatic nitrogens is 3. The number of fused-ring (bicyclic) bond motifs is 1. The highest BCUT2D eigenvalue weighted by Crippen LogP contribution is 2.43. The van der Waals surface area contributed by atoms with Gasteiger partial charge in [-0.15, -0.1) is 0 Å². The van der Waals surface area contributed by atoms with Crippen LogP contribution < -0.4 is 19.5 Å². The molecule has 0 saturated heterocycles. The largest absolute Gasteiger partial charge is 0.493 e. The zero-order valence-electron chi connectivity index (χ0n) is 22.8. The summed E-state index contributed by atoms with van der Waals surface area (Å²) in [4.78, 5) is 9.48. The fraction of sp³-hybridized carbons (Fsp3) is 0.125. The predicted octanol–water partition coefficient (Wildman–Crippen LogP) is 6.75.